The van der Waals surface area contributed by atoms with Crippen molar-refractivity contribution in [2.75, 3.05) is 31.0 Å². The maximum atomic E-state index is 12.0. The number of para-hydroxylation sites is 1. The number of thioether (sulfide) groups is 1. The quantitative estimate of drug-likeness (QED) is 0.563. The van der Waals surface area contributed by atoms with E-state index < -0.39 is 15.6 Å². The predicted octanol–water partition coefficient (Wildman–Crippen LogP) is 1.71. The molecular weight excluding hydrogens is 296 g/mol. The highest BCUT2D eigenvalue weighted by Gasteiger charge is 2.24. The van der Waals surface area contributed by atoms with E-state index in [9.17, 15) is 8.42 Å². The number of nitrogen functional groups attached to an aromatic ring is 1. The van der Waals surface area contributed by atoms with Crippen LogP contribution in [0, 0.1) is 0 Å². The van der Waals surface area contributed by atoms with Gasteiger partial charge in [0.25, 0.3) is 0 Å². The van der Waals surface area contributed by atoms with Gasteiger partial charge in [-0.2, -0.15) is 0 Å². The summed E-state index contributed by atoms with van der Waals surface area (Å²) in [5, 5.41) is 0. The van der Waals surface area contributed by atoms with Crippen LogP contribution in [-0.4, -0.2) is 39.2 Å². The summed E-state index contributed by atoms with van der Waals surface area (Å²) < 4.78 is 31.6. The van der Waals surface area contributed by atoms with Crippen LogP contribution in [0.15, 0.2) is 29.2 Å². The molecule has 0 aliphatic heterocycles. The Hall–Kier alpha value is -0.760. The summed E-state index contributed by atoms with van der Waals surface area (Å²) in [7, 11) is -1.79. The molecule has 1 rings (SSSR count). The molecule has 1 aromatic rings. The Kier molecular flexibility index (Phi) is 6.32. The SMILES string of the molecule is COCC(C)(C)NS(=O)(=O)CCSc1ccccc1N. The van der Waals surface area contributed by atoms with Gasteiger partial charge >= 0.3 is 0 Å². The minimum atomic E-state index is -3.34. The number of nitrogens with two attached hydrogens (primary N) is 1. The summed E-state index contributed by atoms with van der Waals surface area (Å²) in [6.07, 6.45) is 0. The number of hydrogen-bond donors (Lipinski definition) is 2. The van der Waals surface area contributed by atoms with Crippen molar-refractivity contribution in [2.24, 2.45) is 0 Å². The summed E-state index contributed by atoms with van der Waals surface area (Å²) in [5.74, 6) is 0.492. The van der Waals surface area contributed by atoms with Crippen molar-refractivity contribution in [3.05, 3.63) is 24.3 Å². The lowest BCUT2D eigenvalue weighted by Gasteiger charge is -2.24. The van der Waals surface area contributed by atoms with Gasteiger partial charge in [0.15, 0.2) is 0 Å². The fourth-order valence-electron chi connectivity index (χ4n) is 1.74. The average molecular weight is 318 g/mol. The number of nitrogens with one attached hydrogen (secondary N) is 1. The van der Waals surface area contributed by atoms with E-state index in [1.807, 2.05) is 18.2 Å². The van der Waals surface area contributed by atoms with Crippen LogP contribution in [0.2, 0.25) is 0 Å². The Bertz CT molecular complexity index is 530. The largest absolute Gasteiger partial charge is 0.398 e. The summed E-state index contributed by atoms with van der Waals surface area (Å²) >= 11 is 1.44. The van der Waals surface area contributed by atoms with Crippen LogP contribution in [-0.2, 0) is 14.8 Å². The molecule has 0 saturated heterocycles. The van der Waals surface area contributed by atoms with E-state index in [1.165, 1.54) is 11.8 Å². The van der Waals surface area contributed by atoms with Gasteiger partial charge < -0.3 is 10.5 Å². The smallest absolute Gasteiger partial charge is 0.212 e. The maximum absolute atomic E-state index is 12.0. The van der Waals surface area contributed by atoms with Crippen LogP contribution >= 0.6 is 11.8 Å². The Morgan fingerprint density at radius 3 is 2.60 bits per heavy atom. The van der Waals surface area contributed by atoms with Gasteiger partial charge in [-0.3, -0.25) is 0 Å². The van der Waals surface area contributed by atoms with Crippen LogP contribution in [0.25, 0.3) is 0 Å². The molecule has 0 aliphatic rings. The Morgan fingerprint density at radius 2 is 2.00 bits per heavy atom. The third kappa shape index (κ3) is 6.13. The van der Waals surface area contributed by atoms with Crippen LogP contribution in [0.5, 0.6) is 0 Å². The minimum absolute atomic E-state index is 0.0408. The standard InChI is InChI=1S/C13H22N2O3S2/c1-13(2,10-18-3)15-20(16,17)9-8-19-12-7-5-4-6-11(12)14/h4-7,15H,8-10,14H2,1-3H3. The fourth-order valence-corrected chi connectivity index (χ4v) is 4.58. The lowest BCUT2D eigenvalue weighted by atomic mass is 10.1. The van der Waals surface area contributed by atoms with Crippen LogP contribution in [0.1, 0.15) is 13.8 Å². The van der Waals surface area contributed by atoms with Gasteiger partial charge in [0.2, 0.25) is 10.0 Å². The Labute approximate surface area is 125 Å². The highest BCUT2D eigenvalue weighted by molar-refractivity contribution is 8.00. The summed E-state index contributed by atoms with van der Waals surface area (Å²) in [5.41, 5.74) is 5.87. The first kappa shape index (κ1) is 17.3. The van der Waals surface area contributed by atoms with E-state index >= 15 is 0 Å². The van der Waals surface area contributed by atoms with Gasteiger partial charge in [-0.1, -0.05) is 12.1 Å². The lowest BCUT2D eigenvalue weighted by Crippen LogP contribution is -2.47. The fraction of sp³-hybridized carbons (Fsp3) is 0.538. The van der Waals surface area contributed by atoms with E-state index in [2.05, 4.69) is 4.72 Å². The number of anilines is 1. The van der Waals surface area contributed by atoms with Crippen molar-refractivity contribution in [1.82, 2.24) is 4.72 Å². The van der Waals surface area contributed by atoms with E-state index in [4.69, 9.17) is 10.5 Å². The molecule has 0 aromatic heterocycles. The van der Waals surface area contributed by atoms with Crippen LogP contribution in [0.3, 0.4) is 0 Å². The zero-order valence-corrected chi connectivity index (χ0v) is 13.7. The topological polar surface area (TPSA) is 81.4 Å². The van der Waals surface area contributed by atoms with Crippen molar-refractivity contribution < 1.29 is 13.2 Å². The second kappa shape index (κ2) is 7.31. The molecule has 0 amide bonds. The Morgan fingerprint density at radius 1 is 1.35 bits per heavy atom. The normalized spacial score (nSPS) is 12.6. The number of methoxy groups -OCH3 is 1. The van der Waals surface area contributed by atoms with Crippen molar-refractivity contribution >= 4 is 27.5 Å². The van der Waals surface area contributed by atoms with Gasteiger partial charge in [0.05, 0.1) is 17.9 Å². The van der Waals surface area contributed by atoms with Crippen molar-refractivity contribution in [2.45, 2.75) is 24.3 Å². The zero-order valence-electron chi connectivity index (χ0n) is 12.0. The molecule has 5 nitrogen and oxygen atoms in total. The second-order valence-corrected chi connectivity index (χ2v) is 8.10. The molecule has 1 aromatic carbocycles. The first-order chi connectivity index (χ1) is 9.26. The first-order valence-corrected chi connectivity index (χ1v) is 8.87. The number of rotatable bonds is 8. The monoisotopic (exact) mass is 318 g/mol. The van der Waals surface area contributed by atoms with Crippen molar-refractivity contribution in [1.29, 1.82) is 0 Å². The molecule has 7 heteroatoms. The molecule has 0 saturated carbocycles. The molecule has 0 heterocycles. The van der Waals surface area contributed by atoms with Gasteiger partial charge in [-0.15, -0.1) is 11.8 Å². The second-order valence-electron chi connectivity index (χ2n) is 5.12. The highest BCUT2D eigenvalue weighted by atomic mass is 32.2. The molecule has 0 fully saturated rings. The van der Waals surface area contributed by atoms with Gasteiger partial charge in [-0.05, 0) is 26.0 Å². The Balaban J connectivity index is 2.50. The van der Waals surface area contributed by atoms with E-state index in [0.29, 0.717) is 18.0 Å². The molecule has 0 atom stereocenters. The lowest BCUT2D eigenvalue weighted by molar-refractivity contribution is 0.141. The number of benzene rings is 1. The molecule has 20 heavy (non-hydrogen) atoms. The molecule has 3 N–H and O–H groups in total. The minimum Gasteiger partial charge on any atom is -0.398 e. The molecule has 0 bridgehead atoms. The van der Waals surface area contributed by atoms with Crippen molar-refractivity contribution in [3.8, 4) is 0 Å². The molecule has 0 radical (unpaired) electrons. The molecule has 0 unspecified atom stereocenters. The summed E-state index contributed by atoms with van der Waals surface area (Å²) in [6.45, 7) is 3.90. The highest BCUT2D eigenvalue weighted by Crippen LogP contribution is 2.24. The van der Waals surface area contributed by atoms with Crippen molar-refractivity contribution in [3.63, 3.8) is 0 Å². The number of ether oxygens (including phenoxy) is 1. The molecule has 0 spiro atoms. The predicted molar refractivity (Wildman–Crippen MR) is 84.5 cm³/mol. The van der Waals surface area contributed by atoms with E-state index in [0.717, 1.165) is 4.90 Å². The van der Waals surface area contributed by atoms with Crippen LogP contribution < -0.4 is 10.5 Å². The zero-order chi connectivity index (χ0) is 15.2. The molecular formula is C13H22N2O3S2. The number of sulfonamides is 1. The van der Waals surface area contributed by atoms with Crippen LogP contribution in [0.4, 0.5) is 5.69 Å². The third-order valence-electron chi connectivity index (χ3n) is 2.47. The summed E-state index contributed by atoms with van der Waals surface area (Å²) in [6, 6.07) is 7.42. The molecule has 0 aliphatic carbocycles. The molecule has 114 valence electrons. The number of hydrogen-bond acceptors (Lipinski definition) is 5. The van der Waals surface area contributed by atoms with E-state index in [-0.39, 0.29) is 5.75 Å². The first-order valence-electron chi connectivity index (χ1n) is 6.24. The maximum Gasteiger partial charge on any atom is 0.212 e. The van der Waals surface area contributed by atoms with Gasteiger partial charge in [0, 0.05) is 23.4 Å². The summed E-state index contributed by atoms with van der Waals surface area (Å²) in [4.78, 5) is 0.902. The average Bonchev–Trinajstić information content (AvgIpc) is 2.29. The van der Waals surface area contributed by atoms with E-state index in [1.54, 1.807) is 27.0 Å². The van der Waals surface area contributed by atoms with Gasteiger partial charge in [-0.25, -0.2) is 13.1 Å². The third-order valence-corrected chi connectivity index (χ3v) is 5.42. The van der Waals surface area contributed by atoms with Gasteiger partial charge in [0.1, 0.15) is 0 Å².